The van der Waals surface area contributed by atoms with Crippen molar-refractivity contribution in [2.45, 2.75) is 91.1 Å². The fourth-order valence-electron chi connectivity index (χ4n) is 4.84. The number of rotatable bonds is 5. The van der Waals surface area contributed by atoms with Gasteiger partial charge < -0.3 is 29.5 Å². The van der Waals surface area contributed by atoms with E-state index in [0.717, 1.165) is 18.2 Å². The van der Waals surface area contributed by atoms with Gasteiger partial charge in [0, 0.05) is 17.8 Å². The van der Waals surface area contributed by atoms with Crippen molar-refractivity contribution >= 4 is 58.8 Å². The number of amides is 3. The average molecular weight is 703 g/mol. The molecule has 1 fully saturated rings. The predicted octanol–water partition coefficient (Wildman–Crippen LogP) is 8.59. The highest BCUT2D eigenvalue weighted by atomic mass is 35.5. The number of nitrogens with zero attached hydrogens (tertiary/aromatic N) is 2. The lowest BCUT2D eigenvalue weighted by Crippen LogP contribution is -2.45. The molecule has 15 heteroatoms. The van der Waals surface area contributed by atoms with Crippen molar-refractivity contribution in [1.29, 1.82) is 0 Å². The van der Waals surface area contributed by atoms with Crippen LogP contribution in [0.25, 0.3) is 0 Å². The number of aromatic carboxylic acids is 1. The first-order valence-electron chi connectivity index (χ1n) is 14.6. The first kappa shape index (κ1) is 37.6. The summed E-state index contributed by atoms with van der Waals surface area (Å²) in [6.07, 6.45) is -3.47. The number of carboxylic acid groups (broad SMARTS) is 1. The van der Waals surface area contributed by atoms with Gasteiger partial charge in [0.1, 0.15) is 28.3 Å². The number of likely N-dealkylation sites (tertiary alicyclic amines) is 1. The molecule has 0 spiro atoms. The highest BCUT2D eigenvalue weighted by Gasteiger charge is 2.46. The Morgan fingerprint density at radius 3 is 1.89 bits per heavy atom. The SMILES string of the molecule is CC(C)(C)OC(=O)N1CCC(Nc2cc(F)c(N(C(=O)OC(C)(C)C)C(=O)OC(C)(C)C)c(C(=O)O)c2)(c2c(F)ccc(Cl)c2Cl)C1. The molecule has 3 rings (SSSR count). The van der Waals surface area contributed by atoms with Crippen molar-refractivity contribution in [2.75, 3.05) is 23.3 Å². The van der Waals surface area contributed by atoms with Gasteiger partial charge in [0.05, 0.1) is 27.7 Å². The summed E-state index contributed by atoms with van der Waals surface area (Å²) in [4.78, 5) is 53.5. The van der Waals surface area contributed by atoms with E-state index in [0.29, 0.717) is 0 Å². The minimum atomic E-state index is -1.72. The van der Waals surface area contributed by atoms with Gasteiger partial charge in [0.15, 0.2) is 5.82 Å². The highest BCUT2D eigenvalue weighted by Crippen LogP contribution is 2.44. The van der Waals surface area contributed by atoms with E-state index in [4.69, 9.17) is 37.4 Å². The molecular formula is C32H39Cl2F2N3O8. The molecule has 11 nitrogen and oxygen atoms in total. The smallest absolute Gasteiger partial charge is 0.424 e. The molecule has 0 bridgehead atoms. The summed E-state index contributed by atoms with van der Waals surface area (Å²) in [5, 5.41) is 13.0. The molecule has 2 aromatic carbocycles. The number of nitrogens with one attached hydrogen (secondary N) is 1. The van der Waals surface area contributed by atoms with Crippen LogP contribution in [0.2, 0.25) is 10.0 Å². The number of carboxylic acids is 1. The number of carbonyl (C=O) groups is 4. The van der Waals surface area contributed by atoms with Crippen LogP contribution in [0.3, 0.4) is 0 Å². The van der Waals surface area contributed by atoms with Gasteiger partial charge in [0.2, 0.25) is 0 Å². The van der Waals surface area contributed by atoms with Gasteiger partial charge in [-0.1, -0.05) is 23.2 Å². The van der Waals surface area contributed by atoms with E-state index in [9.17, 15) is 24.3 Å². The summed E-state index contributed by atoms with van der Waals surface area (Å²) in [5.74, 6) is -3.85. The van der Waals surface area contributed by atoms with Crippen molar-refractivity contribution in [3.63, 3.8) is 0 Å². The minimum absolute atomic E-state index is 0.00178. The van der Waals surface area contributed by atoms with Gasteiger partial charge >= 0.3 is 24.2 Å². The van der Waals surface area contributed by atoms with E-state index in [1.807, 2.05) is 0 Å². The van der Waals surface area contributed by atoms with Gasteiger partial charge in [0.25, 0.3) is 0 Å². The molecule has 0 radical (unpaired) electrons. The Morgan fingerprint density at radius 1 is 0.872 bits per heavy atom. The van der Waals surface area contributed by atoms with Gasteiger partial charge in [-0.25, -0.2) is 28.0 Å². The molecule has 258 valence electrons. The summed E-state index contributed by atoms with van der Waals surface area (Å²) < 4.78 is 47.8. The van der Waals surface area contributed by atoms with E-state index in [2.05, 4.69) is 5.32 Å². The molecule has 3 amide bonds. The van der Waals surface area contributed by atoms with Crippen molar-refractivity contribution in [1.82, 2.24) is 4.90 Å². The lowest BCUT2D eigenvalue weighted by atomic mass is 9.87. The van der Waals surface area contributed by atoms with E-state index >= 15 is 8.78 Å². The first-order chi connectivity index (χ1) is 21.3. The molecule has 2 N–H and O–H groups in total. The number of halogens is 4. The lowest BCUT2D eigenvalue weighted by Gasteiger charge is -2.34. The van der Waals surface area contributed by atoms with E-state index in [1.165, 1.54) is 52.5 Å². The number of hydrogen-bond donors (Lipinski definition) is 2. The molecule has 1 aliphatic rings. The molecule has 1 aliphatic heterocycles. The topological polar surface area (TPSA) is 135 Å². The first-order valence-corrected chi connectivity index (χ1v) is 15.3. The number of hydrogen-bond acceptors (Lipinski definition) is 8. The number of imide groups is 1. The number of benzene rings is 2. The van der Waals surface area contributed by atoms with Crippen LogP contribution in [0.1, 0.15) is 84.7 Å². The second-order valence-electron chi connectivity index (χ2n) is 14.0. The Bertz CT molecular complexity index is 1560. The van der Waals surface area contributed by atoms with Crippen molar-refractivity contribution in [3.8, 4) is 0 Å². The van der Waals surface area contributed by atoms with Crippen LogP contribution in [0.5, 0.6) is 0 Å². The molecule has 1 unspecified atom stereocenters. The highest BCUT2D eigenvalue weighted by molar-refractivity contribution is 6.42. The lowest BCUT2D eigenvalue weighted by molar-refractivity contribution is 0.0284. The fourth-order valence-corrected chi connectivity index (χ4v) is 5.33. The second-order valence-corrected chi connectivity index (χ2v) is 14.8. The molecule has 0 aromatic heterocycles. The molecule has 47 heavy (non-hydrogen) atoms. The maximum Gasteiger partial charge on any atom is 0.424 e. The Hall–Kier alpha value is -3.84. The largest absolute Gasteiger partial charge is 0.478 e. The van der Waals surface area contributed by atoms with Crippen LogP contribution >= 0.6 is 23.2 Å². The molecule has 1 atom stereocenters. The van der Waals surface area contributed by atoms with Crippen LogP contribution < -0.4 is 10.2 Å². The molecule has 1 heterocycles. The molecule has 0 saturated carbocycles. The van der Waals surface area contributed by atoms with E-state index in [1.54, 1.807) is 20.8 Å². The summed E-state index contributed by atoms with van der Waals surface area (Å²) in [5.41, 5.74) is -6.88. The quantitative estimate of drug-likeness (QED) is 0.232. The second kappa shape index (κ2) is 13.3. The van der Waals surface area contributed by atoms with Crippen LogP contribution in [-0.2, 0) is 19.7 Å². The number of carbonyl (C=O) groups excluding carboxylic acids is 3. The van der Waals surface area contributed by atoms with Crippen LogP contribution in [0, 0.1) is 11.6 Å². The molecule has 1 saturated heterocycles. The average Bonchev–Trinajstić information content (AvgIpc) is 3.29. The summed E-state index contributed by atoms with van der Waals surface area (Å²) in [6, 6.07) is 4.10. The Balaban J connectivity index is 2.21. The predicted molar refractivity (Wildman–Crippen MR) is 172 cm³/mol. The summed E-state index contributed by atoms with van der Waals surface area (Å²) >= 11 is 12.7. The number of anilines is 2. The molecule has 2 aromatic rings. The van der Waals surface area contributed by atoms with Gasteiger partial charge in [-0.2, -0.15) is 4.90 Å². The van der Waals surface area contributed by atoms with Crippen molar-refractivity contribution in [3.05, 3.63) is 57.1 Å². The van der Waals surface area contributed by atoms with Crippen molar-refractivity contribution in [2.24, 2.45) is 0 Å². The standard InChI is InChI=1S/C32H39Cl2F2N3O8/c1-29(2,3)45-26(42)38-13-12-32(16-38,22-20(35)11-10-19(33)23(22)34)37-17-14-18(25(40)41)24(21(36)15-17)39(27(43)46-30(4,5)6)28(44)47-31(7,8)9/h10-11,14-15,37H,12-13,16H2,1-9H3,(H,40,41). The third-order valence-corrected chi connectivity index (χ3v) is 7.30. The number of ether oxygens (including phenoxy) is 3. The van der Waals surface area contributed by atoms with Gasteiger partial charge in [-0.3, -0.25) is 0 Å². The third kappa shape index (κ3) is 9.16. The van der Waals surface area contributed by atoms with Crippen LogP contribution in [0.4, 0.5) is 34.5 Å². The van der Waals surface area contributed by atoms with Crippen LogP contribution in [-0.4, -0.2) is 64.1 Å². The van der Waals surface area contributed by atoms with Gasteiger partial charge in [-0.05, 0) is 93.0 Å². The fraction of sp³-hybridized carbons (Fsp3) is 0.500. The third-order valence-electron chi connectivity index (χ3n) is 6.50. The minimum Gasteiger partial charge on any atom is -0.478 e. The monoisotopic (exact) mass is 701 g/mol. The zero-order valence-corrected chi connectivity index (χ0v) is 29.2. The maximum atomic E-state index is 16.2. The Kier molecular flexibility index (Phi) is 10.7. The molecule has 0 aliphatic carbocycles. The maximum absolute atomic E-state index is 16.2. The Morgan fingerprint density at radius 2 is 1.40 bits per heavy atom. The summed E-state index contributed by atoms with van der Waals surface area (Å²) in [6.45, 7) is 13.8. The van der Waals surface area contributed by atoms with E-state index in [-0.39, 0.29) is 45.7 Å². The zero-order valence-electron chi connectivity index (χ0n) is 27.6. The zero-order chi connectivity index (χ0) is 35.9. The summed E-state index contributed by atoms with van der Waals surface area (Å²) in [7, 11) is 0. The van der Waals surface area contributed by atoms with Crippen LogP contribution in [0.15, 0.2) is 24.3 Å². The Labute approximate surface area is 282 Å². The normalized spacial score (nSPS) is 16.8. The molecular weight excluding hydrogens is 663 g/mol. The van der Waals surface area contributed by atoms with Crippen molar-refractivity contribution < 1.29 is 47.3 Å². The van der Waals surface area contributed by atoms with E-state index < -0.39 is 69.5 Å². The van der Waals surface area contributed by atoms with Gasteiger partial charge in [-0.15, -0.1) is 0 Å².